The molecule has 16 heavy (non-hydrogen) atoms. The molecule has 0 saturated carbocycles. The van der Waals surface area contributed by atoms with Gasteiger partial charge in [-0.15, -0.1) is 0 Å². The van der Waals surface area contributed by atoms with E-state index in [0.717, 1.165) is 0 Å². The maximum absolute atomic E-state index is 11.4. The summed E-state index contributed by atoms with van der Waals surface area (Å²) in [5.41, 5.74) is 1.25. The number of methoxy groups -OCH3 is 1. The van der Waals surface area contributed by atoms with Crippen molar-refractivity contribution in [1.82, 2.24) is 0 Å². The van der Waals surface area contributed by atoms with Gasteiger partial charge in [0.15, 0.2) is 0 Å². The van der Waals surface area contributed by atoms with E-state index in [1.165, 1.54) is 25.3 Å². The van der Waals surface area contributed by atoms with Crippen molar-refractivity contribution in [3.8, 4) is 0 Å². The first-order valence-electron chi connectivity index (χ1n) is 4.71. The normalized spacial score (nSPS) is 9.69. The van der Waals surface area contributed by atoms with E-state index < -0.39 is 11.9 Å². The quantitative estimate of drug-likeness (QED) is 0.480. The number of esters is 1. The third kappa shape index (κ3) is 2.38. The lowest BCUT2D eigenvalue weighted by atomic mass is 10.0. The number of carbonyl (C=O) groups excluding carboxylic acids is 2. The minimum Gasteiger partial charge on any atom is -0.465 e. The third-order valence-electron chi connectivity index (χ3n) is 2.21. The van der Waals surface area contributed by atoms with Gasteiger partial charge in [-0.1, -0.05) is 6.92 Å². The van der Waals surface area contributed by atoms with E-state index in [0.29, 0.717) is 17.5 Å². The fraction of sp³-hybridized carbons (Fsp3) is 0.273. The molecule has 1 rings (SSSR count). The Bertz CT molecular complexity index is 411. The van der Waals surface area contributed by atoms with E-state index >= 15 is 0 Å². The van der Waals surface area contributed by atoms with Gasteiger partial charge in [-0.3, -0.25) is 4.89 Å². The SMILES string of the molecule is CCc1cc(C(=O)OO)ccc1C(=O)OC. The van der Waals surface area contributed by atoms with E-state index in [1.54, 1.807) is 0 Å². The Balaban J connectivity index is 3.16. The minimum absolute atomic E-state index is 0.187. The zero-order chi connectivity index (χ0) is 12.1. The Kier molecular flexibility index (Phi) is 4.02. The smallest absolute Gasteiger partial charge is 0.372 e. The summed E-state index contributed by atoms with van der Waals surface area (Å²) in [4.78, 5) is 26.0. The largest absolute Gasteiger partial charge is 0.465 e. The van der Waals surface area contributed by atoms with Crippen molar-refractivity contribution in [3.05, 3.63) is 34.9 Å². The Morgan fingerprint density at radius 2 is 2.00 bits per heavy atom. The number of benzene rings is 1. The summed E-state index contributed by atoms with van der Waals surface area (Å²) >= 11 is 0. The van der Waals surface area contributed by atoms with Crippen LogP contribution in [0.15, 0.2) is 18.2 Å². The van der Waals surface area contributed by atoms with Crippen LogP contribution in [0.3, 0.4) is 0 Å². The van der Waals surface area contributed by atoms with Crippen LogP contribution in [0.4, 0.5) is 0 Å². The maximum atomic E-state index is 11.4. The number of carbonyl (C=O) groups is 2. The highest BCUT2D eigenvalue weighted by Gasteiger charge is 2.14. The van der Waals surface area contributed by atoms with Crippen LogP contribution in [-0.4, -0.2) is 24.3 Å². The topological polar surface area (TPSA) is 72.8 Å². The highest BCUT2D eigenvalue weighted by atomic mass is 17.1. The van der Waals surface area contributed by atoms with Crippen molar-refractivity contribution in [3.63, 3.8) is 0 Å². The number of ether oxygens (including phenoxy) is 1. The second kappa shape index (κ2) is 5.27. The summed E-state index contributed by atoms with van der Waals surface area (Å²) in [7, 11) is 1.29. The van der Waals surface area contributed by atoms with Crippen LogP contribution in [0.5, 0.6) is 0 Å². The fourth-order valence-electron chi connectivity index (χ4n) is 1.37. The van der Waals surface area contributed by atoms with Crippen molar-refractivity contribution in [2.75, 3.05) is 7.11 Å². The summed E-state index contributed by atoms with van der Waals surface area (Å²) in [5, 5.41) is 8.24. The van der Waals surface area contributed by atoms with Crippen LogP contribution in [-0.2, 0) is 16.0 Å². The first-order valence-corrected chi connectivity index (χ1v) is 4.71. The Labute approximate surface area is 92.5 Å². The molecule has 0 saturated heterocycles. The second-order valence-corrected chi connectivity index (χ2v) is 3.10. The monoisotopic (exact) mass is 224 g/mol. The average Bonchev–Trinajstić information content (AvgIpc) is 2.35. The van der Waals surface area contributed by atoms with Gasteiger partial charge in [0.25, 0.3) is 0 Å². The molecule has 0 aromatic heterocycles. The molecule has 0 spiro atoms. The lowest BCUT2D eigenvalue weighted by Gasteiger charge is -2.07. The molecule has 0 heterocycles. The number of rotatable bonds is 3. The third-order valence-corrected chi connectivity index (χ3v) is 2.21. The van der Waals surface area contributed by atoms with Crippen molar-refractivity contribution in [2.24, 2.45) is 0 Å². The maximum Gasteiger partial charge on any atom is 0.372 e. The van der Waals surface area contributed by atoms with E-state index in [9.17, 15) is 9.59 Å². The standard InChI is InChI=1S/C11H12O5/c1-3-7-6-8(10(12)16-14)4-5-9(7)11(13)15-2/h4-6,14H,3H2,1-2H3. The lowest BCUT2D eigenvalue weighted by molar-refractivity contribution is -0.182. The van der Waals surface area contributed by atoms with Crippen LogP contribution in [0.1, 0.15) is 33.2 Å². The van der Waals surface area contributed by atoms with Crippen LogP contribution in [0, 0.1) is 0 Å². The molecule has 86 valence electrons. The van der Waals surface area contributed by atoms with E-state index in [1.807, 2.05) is 6.92 Å². The van der Waals surface area contributed by atoms with E-state index in [-0.39, 0.29) is 5.56 Å². The van der Waals surface area contributed by atoms with Gasteiger partial charge in [-0.25, -0.2) is 9.59 Å². The number of hydrogen-bond donors (Lipinski definition) is 1. The first kappa shape index (κ1) is 12.2. The molecule has 0 radical (unpaired) electrons. The number of hydrogen-bond acceptors (Lipinski definition) is 5. The molecular formula is C11H12O5. The molecule has 5 heteroatoms. The Morgan fingerprint density at radius 1 is 1.31 bits per heavy atom. The predicted octanol–water partition coefficient (Wildman–Crippen LogP) is 1.67. The summed E-state index contributed by atoms with van der Waals surface area (Å²) in [6, 6.07) is 4.35. The highest BCUT2D eigenvalue weighted by Crippen LogP contribution is 2.14. The highest BCUT2D eigenvalue weighted by molar-refractivity contribution is 5.94. The molecule has 0 fully saturated rings. The molecule has 1 aromatic rings. The van der Waals surface area contributed by atoms with Gasteiger partial charge in [0.1, 0.15) is 0 Å². The van der Waals surface area contributed by atoms with Gasteiger partial charge in [0.05, 0.1) is 18.2 Å². The molecule has 5 nitrogen and oxygen atoms in total. The van der Waals surface area contributed by atoms with Gasteiger partial charge >= 0.3 is 11.9 Å². The molecular weight excluding hydrogens is 212 g/mol. The second-order valence-electron chi connectivity index (χ2n) is 3.10. The molecule has 0 amide bonds. The molecule has 0 unspecified atom stereocenters. The molecule has 1 N–H and O–H groups in total. The van der Waals surface area contributed by atoms with Gasteiger partial charge in [-0.2, -0.15) is 5.26 Å². The number of aryl methyl sites for hydroxylation is 1. The van der Waals surface area contributed by atoms with Crippen LogP contribution < -0.4 is 0 Å². The molecule has 0 atom stereocenters. The summed E-state index contributed by atoms with van der Waals surface area (Å²) in [6.45, 7) is 1.84. The lowest BCUT2D eigenvalue weighted by Crippen LogP contribution is -2.08. The van der Waals surface area contributed by atoms with Crippen LogP contribution >= 0.6 is 0 Å². The van der Waals surface area contributed by atoms with Gasteiger partial charge < -0.3 is 4.74 Å². The van der Waals surface area contributed by atoms with Gasteiger partial charge in [-0.05, 0) is 30.2 Å². The van der Waals surface area contributed by atoms with Crippen LogP contribution in [0.2, 0.25) is 0 Å². The summed E-state index contributed by atoms with van der Waals surface area (Å²) in [6.07, 6.45) is 0.566. The molecule has 0 aliphatic heterocycles. The first-order chi connectivity index (χ1) is 7.63. The molecule has 0 aliphatic carbocycles. The fourth-order valence-corrected chi connectivity index (χ4v) is 1.37. The van der Waals surface area contributed by atoms with Crippen molar-refractivity contribution < 1.29 is 24.5 Å². The molecule has 0 aliphatic rings. The summed E-state index contributed by atoms with van der Waals surface area (Å²) < 4.78 is 4.60. The Morgan fingerprint density at radius 3 is 2.50 bits per heavy atom. The van der Waals surface area contributed by atoms with Crippen molar-refractivity contribution >= 4 is 11.9 Å². The van der Waals surface area contributed by atoms with Crippen molar-refractivity contribution in [2.45, 2.75) is 13.3 Å². The molecule has 1 aromatic carbocycles. The van der Waals surface area contributed by atoms with Gasteiger partial charge in [0.2, 0.25) is 0 Å². The Hall–Kier alpha value is -1.88. The zero-order valence-electron chi connectivity index (χ0n) is 9.02. The predicted molar refractivity (Wildman–Crippen MR) is 55.2 cm³/mol. The van der Waals surface area contributed by atoms with Crippen LogP contribution in [0.25, 0.3) is 0 Å². The van der Waals surface area contributed by atoms with Gasteiger partial charge in [0, 0.05) is 0 Å². The molecule has 0 bridgehead atoms. The van der Waals surface area contributed by atoms with Crippen molar-refractivity contribution in [1.29, 1.82) is 0 Å². The van der Waals surface area contributed by atoms with E-state index in [4.69, 9.17) is 5.26 Å². The average molecular weight is 224 g/mol. The minimum atomic E-state index is -0.855. The summed E-state index contributed by atoms with van der Waals surface area (Å²) in [5.74, 6) is -1.31. The van der Waals surface area contributed by atoms with E-state index in [2.05, 4.69) is 9.62 Å². The zero-order valence-corrected chi connectivity index (χ0v) is 9.02.